The number of ether oxygens (including phenoxy) is 1. The highest BCUT2D eigenvalue weighted by molar-refractivity contribution is 8.15. The topological polar surface area (TPSA) is 107 Å². The van der Waals surface area contributed by atoms with Crippen molar-refractivity contribution in [2.45, 2.75) is 88.4 Å². The lowest BCUT2D eigenvalue weighted by atomic mass is 10.2. The van der Waals surface area contributed by atoms with Crippen molar-refractivity contribution in [2.24, 2.45) is 9.98 Å². The molecule has 2 fully saturated rings. The fourth-order valence-electron chi connectivity index (χ4n) is 7.39. The predicted molar refractivity (Wildman–Crippen MR) is 204 cm³/mol. The maximum Gasteiger partial charge on any atom is 0.307 e. The van der Waals surface area contributed by atoms with Gasteiger partial charge in [0.15, 0.2) is 0 Å². The highest BCUT2D eigenvalue weighted by Gasteiger charge is 2.26. The first-order valence-electron chi connectivity index (χ1n) is 17.2. The van der Waals surface area contributed by atoms with Gasteiger partial charge in [-0.15, -0.1) is 23.5 Å². The van der Waals surface area contributed by atoms with E-state index in [1.54, 1.807) is 23.5 Å². The van der Waals surface area contributed by atoms with Gasteiger partial charge in [-0.25, -0.2) is 0 Å². The standard InChI is InChI=1S/C36H40Cl2N6O2S2/c37-22-11-20-13-30(43-33(20)28(15-22)39-24-5-1-2-6-24)35-41-26(18-47-35)9-10-46-32(45)17-27-19-48-36(42-27)31-14-21-12-23(38)16-29(34(21)44-31)40-25-7-3-4-8-25/h11-16,24-27,39-40,43-44H,1-10,17-19H2. The van der Waals surface area contributed by atoms with Crippen LogP contribution in [-0.4, -0.2) is 68.3 Å². The Hall–Kier alpha value is -2.79. The monoisotopic (exact) mass is 722 g/mol. The Labute approximate surface area is 299 Å². The number of aliphatic imine (C=N–C) groups is 2. The Morgan fingerprint density at radius 1 is 0.750 bits per heavy atom. The predicted octanol–water partition coefficient (Wildman–Crippen LogP) is 9.41. The van der Waals surface area contributed by atoms with Crippen molar-refractivity contribution >= 4 is 96.0 Å². The molecule has 4 aromatic rings. The molecule has 0 spiro atoms. The van der Waals surface area contributed by atoms with Crippen LogP contribution in [0, 0.1) is 0 Å². The lowest BCUT2D eigenvalue weighted by molar-refractivity contribution is -0.144. The van der Waals surface area contributed by atoms with E-state index in [1.807, 2.05) is 24.3 Å². The SMILES string of the molecule is O=C(CC1CSC(c2cc3cc(Cl)cc(NC4CCCC4)c3[nH]2)=N1)OCCC1CSC(c2cc3cc(Cl)cc(NC4CCCC4)c3[nH]2)=N1. The van der Waals surface area contributed by atoms with Crippen LogP contribution in [0.15, 0.2) is 46.4 Å². The average molecular weight is 724 g/mol. The molecule has 2 aromatic heterocycles. The number of rotatable bonds is 11. The molecule has 8 nitrogen and oxygen atoms in total. The zero-order valence-electron chi connectivity index (χ0n) is 26.7. The first kappa shape index (κ1) is 32.4. The molecular formula is C36H40Cl2N6O2S2. The van der Waals surface area contributed by atoms with E-state index >= 15 is 0 Å². The van der Waals surface area contributed by atoms with E-state index < -0.39 is 0 Å². The summed E-state index contributed by atoms with van der Waals surface area (Å²) in [6, 6.07) is 13.3. The molecule has 252 valence electrons. The van der Waals surface area contributed by atoms with Crippen LogP contribution in [0.5, 0.6) is 0 Å². The van der Waals surface area contributed by atoms with Gasteiger partial charge < -0.3 is 25.3 Å². The lowest BCUT2D eigenvalue weighted by Crippen LogP contribution is -2.17. The second-order valence-electron chi connectivity index (χ2n) is 13.5. The molecule has 2 unspecified atom stereocenters. The molecule has 0 radical (unpaired) electrons. The fraction of sp³-hybridized carbons (Fsp3) is 0.472. The highest BCUT2D eigenvalue weighted by atomic mass is 35.5. The van der Waals surface area contributed by atoms with Gasteiger partial charge in [-0.3, -0.25) is 14.8 Å². The molecule has 8 rings (SSSR count). The Bertz CT molecular complexity index is 1890. The number of carbonyl (C=O) groups is 1. The van der Waals surface area contributed by atoms with E-state index in [4.69, 9.17) is 37.9 Å². The zero-order valence-corrected chi connectivity index (χ0v) is 29.9. The number of nitrogens with zero attached hydrogens (tertiary/aromatic N) is 2. The molecule has 2 atom stereocenters. The van der Waals surface area contributed by atoms with Gasteiger partial charge in [-0.1, -0.05) is 48.9 Å². The summed E-state index contributed by atoms with van der Waals surface area (Å²) in [7, 11) is 0. The minimum atomic E-state index is -0.207. The summed E-state index contributed by atoms with van der Waals surface area (Å²) in [6.07, 6.45) is 10.8. The number of H-pyrrole nitrogens is 2. The smallest absolute Gasteiger partial charge is 0.307 e. The third kappa shape index (κ3) is 7.23. The van der Waals surface area contributed by atoms with Crippen molar-refractivity contribution in [1.82, 2.24) is 9.97 Å². The van der Waals surface area contributed by atoms with Gasteiger partial charge >= 0.3 is 5.97 Å². The van der Waals surface area contributed by atoms with Crippen LogP contribution in [0.1, 0.15) is 75.6 Å². The molecule has 2 aromatic carbocycles. The number of esters is 1. The number of aromatic nitrogens is 2. The quantitative estimate of drug-likeness (QED) is 0.115. The van der Waals surface area contributed by atoms with Gasteiger partial charge in [-0.2, -0.15) is 0 Å². The molecule has 0 amide bonds. The maximum atomic E-state index is 12.8. The number of nitrogens with one attached hydrogen (secondary N) is 4. The number of carbonyl (C=O) groups excluding carboxylic acids is 1. The lowest BCUT2D eigenvalue weighted by Gasteiger charge is -2.14. The summed E-state index contributed by atoms with van der Waals surface area (Å²) in [6.45, 7) is 0.356. The van der Waals surface area contributed by atoms with Crippen LogP contribution < -0.4 is 10.6 Å². The van der Waals surface area contributed by atoms with E-state index in [-0.39, 0.29) is 24.5 Å². The molecule has 2 aliphatic carbocycles. The summed E-state index contributed by atoms with van der Waals surface area (Å²) in [5, 5.41) is 12.9. The van der Waals surface area contributed by atoms with E-state index in [9.17, 15) is 4.79 Å². The molecule has 0 saturated heterocycles. The highest BCUT2D eigenvalue weighted by Crippen LogP contribution is 2.36. The van der Waals surface area contributed by atoms with E-state index in [0.29, 0.717) is 25.1 Å². The number of benzene rings is 2. The minimum Gasteiger partial charge on any atom is -0.466 e. The van der Waals surface area contributed by atoms with Crippen molar-refractivity contribution in [1.29, 1.82) is 0 Å². The largest absolute Gasteiger partial charge is 0.466 e. The van der Waals surface area contributed by atoms with Crippen LogP contribution in [0.3, 0.4) is 0 Å². The third-order valence-corrected chi connectivity index (χ3v) is 12.6. The van der Waals surface area contributed by atoms with Crippen molar-refractivity contribution in [3.8, 4) is 0 Å². The Morgan fingerprint density at radius 3 is 1.79 bits per heavy atom. The van der Waals surface area contributed by atoms with Crippen molar-refractivity contribution in [2.75, 3.05) is 28.7 Å². The van der Waals surface area contributed by atoms with Gasteiger partial charge in [0, 0.05) is 50.8 Å². The molecule has 2 saturated carbocycles. The third-order valence-electron chi connectivity index (χ3n) is 9.82. The van der Waals surface area contributed by atoms with Gasteiger partial charge in [-0.05, 0) is 62.1 Å². The van der Waals surface area contributed by atoms with Gasteiger partial charge in [0.2, 0.25) is 0 Å². The van der Waals surface area contributed by atoms with Crippen molar-refractivity contribution in [3.63, 3.8) is 0 Å². The number of aromatic amines is 2. The zero-order chi connectivity index (χ0) is 32.6. The molecule has 4 N–H and O–H groups in total. The Morgan fingerprint density at radius 2 is 1.25 bits per heavy atom. The number of hydrogen-bond donors (Lipinski definition) is 4. The number of anilines is 2. The summed E-state index contributed by atoms with van der Waals surface area (Å²) < 4.78 is 5.67. The molecule has 4 aliphatic rings. The first-order valence-corrected chi connectivity index (χ1v) is 19.9. The minimum absolute atomic E-state index is 0.0983. The number of fused-ring (bicyclic) bond motifs is 2. The summed E-state index contributed by atoms with van der Waals surface area (Å²) in [5.74, 6) is 1.42. The van der Waals surface area contributed by atoms with Crippen LogP contribution in [0.4, 0.5) is 11.4 Å². The first-order chi connectivity index (χ1) is 23.4. The second kappa shape index (κ2) is 14.2. The van der Waals surface area contributed by atoms with Crippen LogP contribution in [0.2, 0.25) is 10.0 Å². The molecule has 12 heteroatoms. The van der Waals surface area contributed by atoms with Crippen molar-refractivity contribution in [3.05, 3.63) is 57.8 Å². The van der Waals surface area contributed by atoms with Crippen molar-refractivity contribution < 1.29 is 9.53 Å². The normalized spacial score (nSPS) is 21.8. The molecule has 48 heavy (non-hydrogen) atoms. The number of hydrogen-bond acceptors (Lipinski definition) is 8. The summed E-state index contributed by atoms with van der Waals surface area (Å²) >= 11 is 16.4. The van der Waals surface area contributed by atoms with E-state index in [2.05, 4.69) is 32.7 Å². The maximum absolute atomic E-state index is 12.8. The van der Waals surface area contributed by atoms with Crippen LogP contribution in [0.25, 0.3) is 21.8 Å². The summed E-state index contributed by atoms with van der Waals surface area (Å²) in [5.41, 5.74) is 6.22. The molecule has 0 bridgehead atoms. The van der Waals surface area contributed by atoms with Gasteiger partial charge in [0.25, 0.3) is 0 Å². The second-order valence-corrected chi connectivity index (χ2v) is 16.4. The number of thioether (sulfide) groups is 2. The molecule has 4 heterocycles. The average Bonchev–Trinajstić information content (AvgIpc) is 3.89. The fourth-order valence-corrected chi connectivity index (χ4v) is 9.96. The van der Waals surface area contributed by atoms with Crippen LogP contribution in [-0.2, 0) is 9.53 Å². The van der Waals surface area contributed by atoms with E-state index in [1.165, 1.54) is 51.4 Å². The summed E-state index contributed by atoms with van der Waals surface area (Å²) in [4.78, 5) is 29.8. The molecule has 2 aliphatic heterocycles. The van der Waals surface area contributed by atoms with Gasteiger partial charge in [0.05, 0.1) is 58.9 Å². The Kier molecular flexibility index (Phi) is 9.60. The number of halogens is 2. The van der Waals surface area contributed by atoms with Crippen LogP contribution >= 0.6 is 46.7 Å². The van der Waals surface area contributed by atoms with Gasteiger partial charge in [0.1, 0.15) is 10.1 Å². The Balaban J connectivity index is 0.847. The van der Waals surface area contributed by atoms with E-state index in [0.717, 1.165) is 76.2 Å². The molecular weight excluding hydrogens is 683 g/mol.